The normalized spacial score (nSPS) is 10.2. The Morgan fingerprint density at radius 3 is 2.58 bits per heavy atom. The molecule has 1 aromatic rings. The molecule has 0 saturated heterocycles. The number of hydrogen-bond donors (Lipinski definition) is 4. The van der Waals surface area contributed by atoms with Gasteiger partial charge in [-0.25, -0.2) is 9.59 Å². The quantitative estimate of drug-likeness (QED) is 0.520. The molecule has 1 aromatic carbocycles. The number of para-hydroxylation sites is 1. The number of imide groups is 1. The third kappa shape index (κ3) is 7.10. The van der Waals surface area contributed by atoms with Gasteiger partial charge >= 0.3 is 12.0 Å². The molecule has 8 nitrogen and oxygen atoms in total. The monoisotopic (exact) mass is 337 g/mol. The van der Waals surface area contributed by atoms with Gasteiger partial charge in [0.2, 0.25) is 0 Å². The van der Waals surface area contributed by atoms with E-state index in [1.807, 2.05) is 13.8 Å². The van der Waals surface area contributed by atoms with Crippen molar-refractivity contribution in [2.24, 2.45) is 5.92 Å². The highest BCUT2D eigenvalue weighted by molar-refractivity contribution is 5.99. The summed E-state index contributed by atoms with van der Waals surface area (Å²) in [7, 11) is 0. The number of carbonyl (C=O) groups excluding carboxylic acids is 3. The van der Waals surface area contributed by atoms with Gasteiger partial charge in [0.05, 0.1) is 12.2 Å². The Labute approximate surface area is 140 Å². The van der Waals surface area contributed by atoms with E-state index in [1.54, 1.807) is 18.2 Å². The van der Waals surface area contributed by atoms with Crippen molar-refractivity contribution in [1.82, 2.24) is 10.6 Å². The van der Waals surface area contributed by atoms with Crippen LogP contribution in [0, 0.1) is 5.92 Å². The molecule has 0 unspecified atom stereocenters. The molecule has 0 aliphatic heterocycles. The number of carbonyl (C=O) groups is 3. The van der Waals surface area contributed by atoms with Gasteiger partial charge in [-0.1, -0.05) is 26.0 Å². The Balaban J connectivity index is 2.48. The maximum atomic E-state index is 12.0. The van der Waals surface area contributed by atoms with Crippen molar-refractivity contribution in [3.8, 4) is 0 Å². The second-order valence-corrected chi connectivity index (χ2v) is 5.42. The first-order chi connectivity index (χ1) is 11.4. The number of esters is 1. The minimum absolute atomic E-state index is 0.0860. The Bertz CT molecular complexity index is 575. The van der Waals surface area contributed by atoms with Crippen LogP contribution >= 0.6 is 0 Å². The average Bonchev–Trinajstić information content (AvgIpc) is 2.56. The molecule has 0 bridgehead atoms. The van der Waals surface area contributed by atoms with Crippen molar-refractivity contribution in [3.63, 3.8) is 0 Å². The smallest absolute Gasteiger partial charge is 0.340 e. The molecule has 0 aliphatic rings. The highest BCUT2D eigenvalue weighted by Crippen LogP contribution is 2.15. The molecule has 0 fully saturated rings. The minimum Gasteiger partial charge on any atom is -0.452 e. The number of amides is 3. The molecule has 1 rings (SSSR count). The molecule has 0 atom stereocenters. The lowest BCUT2D eigenvalue weighted by atomic mass is 10.2. The largest absolute Gasteiger partial charge is 0.452 e. The molecule has 0 heterocycles. The summed E-state index contributed by atoms with van der Waals surface area (Å²) in [4.78, 5) is 35.0. The zero-order valence-corrected chi connectivity index (χ0v) is 13.8. The van der Waals surface area contributed by atoms with Crippen molar-refractivity contribution in [2.45, 2.75) is 13.8 Å². The van der Waals surface area contributed by atoms with Crippen molar-refractivity contribution < 1.29 is 24.2 Å². The van der Waals surface area contributed by atoms with E-state index in [-0.39, 0.29) is 24.6 Å². The topological polar surface area (TPSA) is 117 Å². The lowest BCUT2D eigenvalue weighted by Crippen LogP contribution is -2.42. The number of hydrogen-bond acceptors (Lipinski definition) is 6. The second kappa shape index (κ2) is 10.2. The molecule has 8 heteroatoms. The summed E-state index contributed by atoms with van der Waals surface area (Å²) < 4.78 is 4.90. The van der Waals surface area contributed by atoms with Crippen LogP contribution < -0.4 is 16.0 Å². The fraction of sp³-hybridized carbons (Fsp3) is 0.438. The van der Waals surface area contributed by atoms with E-state index in [9.17, 15) is 14.4 Å². The molecule has 3 amide bonds. The molecule has 0 radical (unpaired) electrons. The Hall–Kier alpha value is -2.61. The average molecular weight is 337 g/mol. The summed E-state index contributed by atoms with van der Waals surface area (Å²) in [5.41, 5.74) is 0.731. The Morgan fingerprint density at radius 1 is 1.21 bits per heavy atom. The van der Waals surface area contributed by atoms with E-state index in [0.717, 1.165) is 0 Å². The molecule has 0 spiro atoms. The minimum atomic E-state index is -0.717. The second-order valence-electron chi connectivity index (χ2n) is 5.42. The fourth-order valence-corrected chi connectivity index (χ4v) is 1.72. The first kappa shape index (κ1) is 19.4. The predicted molar refractivity (Wildman–Crippen MR) is 88.7 cm³/mol. The molecule has 4 N–H and O–H groups in total. The van der Waals surface area contributed by atoms with Crippen molar-refractivity contribution >= 4 is 23.6 Å². The van der Waals surface area contributed by atoms with Crippen LogP contribution in [-0.2, 0) is 9.53 Å². The van der Waals surface area contributed by atoms with E-state index in [1.165, 1.54) is 6.07 Å². The van der Waals surface area contributed by atoms with Gasteiger partial charge in [-0.15, -0.1) is 0 Å². The molecular weight excluding hydrogens is 314 g/mol. The lowest BCUT2D eigenvalue weighted by Gasteiger charge is -2.11. The van der Waals surface area contributed by atoms with Crippen molar-refractivity contribution in [3.05, 3.63) is 29.8 Å². The third-order valence-electron chi connectivity index (χ3n) is 2.83. The van der Waals surface area contributed by atoms with Crippen LogP contribution in [0.25, 0.3) is 0 Å². The standard InChI is InChI=1S/C16H23N3O5/c1-11(2)9-18-16(23)19-14(21)10-24-15(22)12-5-3-4-6-13(12)17-7-8-20/h3-6,11,17,20H,7-10H2,1-2H3,(H2,18,19,21,23). The van der Waals surface area contributed by atoms with E-state index in [2.05, 4.69) is 16.0 Å². The van der Waals surface area contributed by atoms with Gasteiger partial charge in [0.25, 0.3) is 5.91 Å². The summed E-state index contributed by atoms with van der Waals surface area (Å²) in [6.07, 6.45) is 0. The Morgan fingerprint density at radius 2 is 1.92 bits per heavy atom. The van der Waals surface area contributed by atoms with Crippen LogP contribution in [0.4, 0.5) is 10.5 Å². The van der Waals surface area contributed by atoms with Gasteiger partial charge < -0.3 is 20.5 Å². The number of benzene rings is 1. The van der Waals surface area contributed by atoms with Gasteiger partial charge in [-0.2, -0.15) is 0 Å². The number of urea groups is 1. The highest BCUT2D eigenvalue weighted by atomic mass is 16.5. The van der Waals surface area contributed by atoms with Crippen LogP contribution in [0.1, 0.15) is 24.2 Å². The molecule has 0 saturated carbocycles. The summed E-state index contributed by atoms with van der Waals surface area (Å²) in [6.45, 7) is 3.90. The summed E-state index contributed by atoms with van der Waals surface area (Å²) in [5.74, 6) is -1.16. The van der Waals surface area contributed by atoms with Crippen LogP contribution in [0.5, 0.6) is 0 Å². The zero-order chi connectivity index (χ0) is 17.9. The van der Waals surface area contributed by atoms with Crippen LogP contribution in [-0.4, -0.2) is 49.3 Å². The van der Waals surface area contributed by atoms with E-state index >= 15 is 0 Å². The zero-order valence-electron chi connectivity index (χ0n) is 13.8. The fourth-order valence-electron chi connectivity index (χ4n) is 1.72. The van der Waals surface area contributed by atoms with Crippen molar-refractivity contribution in [1.29, 1.82) is 0 Å². The van der Waals surface area contributed by atoms with Gasteiger partial charge in [-0.3, -0.25) is 10.1 Å². The lowest BCUT2D eigenvalue weighted by molar-refractivity contribution is -0.123. The van der Waals surface area contributed by atoms with Gasteiger partial charge in [0.15, 0.2) is 6.61 Å². The Kier molecular flexibility index (Phi) is 8.28. The summed E-state index contributed by atoms with van der Waals surface area (Å²) in [6, 6.07) is 5.94. The van der Waals surface area contributed by atoms with E-state index < -0.39 is 24.5 Å². The maximum absolute atomic E-state index is 12.0. The van der Waals surface area contributed by atoms with Crippen LogP contribution in [0.15, 0.2) is 24.3 Å². The van der Waals surface area contributed by atoms with Crippen molar-refractivity contribution in [2.75, 3.05) is 31.6 Å². The number of aliphatic hydroxyl groups excluding tert-OH is 1. The van der Waals surface area contributed by atoms with Crippen LogP contribution in [0.3, 0.4) is 0 Å². The number of nitrogens with one attached hydrogen (secondary N) is 3. The number of anilines is 1. The highest BCUT2D eigenvalue weighted by Gasteiger charge is 2.15. The predicted octanol–water partition coefficient (Wildman–Crippen LogP) is 0.729. The maximum Gasteiger partial charge on any atom is 0.340 e. The molecule has 0 aromatic heterocycles. The van der Waals surface area contributed by atoms with Gasteiger partial charge in [0.1, 0.15) is 0 Å². The van der Waals surface area contributed by atoms with Crippen LogP contribution in [0.2, 0.25) is 0 Å². The summed E-state index contributed by atoms with van der Waals surface area (Å²) >= 11 is 0. The van der Waals surface area contributed by atoms with Gasteiger partial charge in [0, 0.05) is 18.8 Å². The summed E-state index contributed by atoms with van der Waals surface area (Å²) in [5, 5.41) is 16.3. The molecule has 24 heavy (non-hydrogen) atoms. The number of ether oxygens (including phenoxy) is 1. The SMILES string of the molecule is CC(C)CNC(=O)NC(=O)COC(=O)c1ccccc1NCCO. The van der Waals surface area contributed by atoms with E-state index in [0.29, 0.717) is 12.2 Å². The van der Waals surface area contributed by atoms with Gasteiger partial charge in [-0.05, 0) is 18.1 Å². The third-order valence-corrected chi connectivity index (χ3v) is 2.83. The molecule has 0 aliphatic carbocycles. The van der Waals surface area contributed by atoms with E-state index in [4.69, 9.17) is 9.84 Å². The number of rotatable bonds is 8. The molecule has 132 valence electrons. The molecular formula is C16H23N3O5. The number of aliphatic hydroxyl groups is 1. The first-order valence-electron chi connectivity index (χ1n) is 7.62. The first-order valence-corrected chi connectivity index (χ1v) is 7.62.